The van der Waals surface area contributed by atoms with E-state index < -0.39 is 0 Å². The number of halogens is 2. The van der Waals surface area contributed by atoms with Crippen LogP contribution in [-0.2, 0) is 9.59 Å². The van der Waals surface area contributed by atoms with Gasteiger partial charge >= 0.3 is 0 Å². The number of amides is 2. The Hall–Kier alpha value is -1.34. The van der Waals surface area contributed by atoms with E-state index in [9.17, 15) is 9.59 Å². The van der Waals surface area contributed by atoms with Crippen LogP contribution in [0.2, 0.25) is 0 Å². The second-order valence-corrected chi connectivity index (χ2v) is 7.07. The molecule has 2 rings (SSSR count). The number of likely N-dealkylation sites (tertiary alicyclic amines) is 1. The van der Waals surface area contributed by atoms with E-state index in [1.165, 1.54) is 0 Å². The first-order valence-electron chi connectivity index (χ1n) is 8.92. The summed E-state index contributed by atoms with van der Waals surface area (Å²) in [6, 6.07) is 9.57. The molecule has 0 spiro atoms. The number of hydrogen-bond donors (Lipinski definition) is 2. The number of nitrogens with two attached hydrogens (primary N) is 1. The van der Waals surface area contributed by atoms with Crippen molar-refractivity contribution in [2.45, 2.75) is 31.8 Å². The molecule has 1 saturated heterocycles. The van der Waals surface area contributed by atoms with Crippen LogP contribution in [0.5, 0.6) is 0 Å². The summed E-state index contributed by atoms with van der Waals surface area (Å²) in [6.07, 6.45) is 1.72. The highest BCUT2D eigenvalue weighted by Crippen LogP contribution is 2.20. The summed E-state index contributed by atoms with van der Waals surface area (Å²) in [5.41, 5.74) is 7.21. The van der Waals surface area contributed by atoms with Gasteiger partial charge in [-0.1, -0.05) is 37.3 Å². The molecule has 1 aromatic rings. The van der Waals surface area contributed by atoms with Crippen LogP contribution in [-0.4, -0.2) is 61.4 Å². The first kappa shape index (κ1) is 25.7. The van der Waals surface area contributed by atoms with Gasteiger partial charge in [-0.2, -0.15) is 0 Å². The lowest BCUT2D eigenvalue weighted by Gasteiger charge is -2.33. The summed E-state index contributed by atoms with van der Waals surface area (Å²) in [5.74, 6) is -0.167. The van der Waals surface area contributed by atoms with Crippen molar-refractivity contribution in [2.75, 3.05) is 33.7 Å². The first-order valence-corrected chi connectivity index (χ1v) is 8.92. The summed E-state index contributed by atoms with van der Waals surface area (Å²) in [6.45, 7) is 3.97. The molecule has 6 nitrogen and oxygen atoms in total. The van der Waals surface area contributed by atoms with Gasteiger partial charge < -0.3 is 16.0 Å². The fourth-order valence-corrected chi connectivity index (χ4v) is 3.03. The predicted molar refractivity (Wildman–Crippen MR) is 113 cm³/mol. The van der Waals surface area contributed by atoms with Crippen molar-refractivity contribution in [2.24, 2.45) is 11.7 Å². The molecule has 1 heterocycles. The topological polar surface area (TPSA) is 78.7 Å². The smallest absolute Gasteiger partial charge is 0.236 e. The number of carbonyl (C=O) groups excluding carboxylic acids is 2. The molecule has 1 aromatic carbocycles. The number of benzene rings is 1. The van der Waals surface area contributed by atoms with Gasteiger partial charge in [0.2, 0.25) is 11.8 Å². The van der Waals surface area contributed by atoms with E-state index in [1.807, 2.05) is 37.3 Å². The summed E-state index contributed by atoms with van der Waals surface area (Å²) in [5, 5.41) is 3.12. The zero-order valence-electron chi connectivity index (χ0n) is 16.3. The van der Waals surface area contributed by atoms with E-state index in [0.717, 1.165) is 31.5 Å². The molecular formula is C19H32Cl2N4O2. The lowest BCUT2D eigenvalue weighted by molar-refractivity contribution is -0.131. The third kappa shape index (κ3) is 7.66. The Morgan fingerprint density at radius 2 is 1.74 bits per heavy atom. The number of likely N-dealkylation sites (N-methyl/N-ethyl adjacent to an activating group) is 1. The first-order chi connectivity index (χ1) is 11.9. The van der Waals surface area contributed by atoms with Gasteiger partial charge in [-0.05, 0) is 18.4 Å². The largest absolute Gasteiger partial charge is 0.353 e. The molecule has 1 aliphatic heterocycles. The number of nitrogens with zero attached hydrogens (tertiary/aromatic N) is 2. The minimum atomic E-state index is -0.306. The number of rotatable bonds is 6. The molecule has 0 aromatic heterocycles. The third-order valence-electron chi connectivity index (χ3n) is 4.93. The van der Waals surface area contributed by atoms with Crippen molar-refractivity contribution in [3.8, 4) is 0 Å². The van der Waals surface area contributed by atoms with Gasteiger partial charge in [-0.25, -0.2) is 0 Å². The van der Waals surface area contributed by atoms with E-state index in [2.05, 4.69) is 10.2 Å². The van der Waals surface area contributed by atoms with Crippen LogP contribution in [0.25, 0.3) is 0 Å². The Kier molecular flexibility index (Phi) is 11.6. The number of nitrogens with one attached hydrogen (secondary N) is 1. The van der Waals surface area contributed by atoms with E-state index in [0.29, 0.717) is 6.54 Å². The van der Waals surface area contributed by atoms with Crippen LogP contribution in [0, 0.1) is 5.92 Å². The molecule has 2 unspecified atom stereocenters. The van der Waals surface area contributed by atoms with Gasteiger partial charge in [0.15, 0.2) is 0 Å². The van der Waals surface area contributed by atoms with Crippen molar-refractivity contribution >= 4 is 36.6 Å². The quantitative estimate of drug-likeness (QED) is 0.738. The Bertz CT molecular complexity index is 578. The molecule has 8 heteroatoms. The molecule has 2 amide bonds. The number of hydrogen-bond acceptors (Lipinski definition) is 4. The maximum absolute atomic E-state index is 12.5. The molecule has 27 heavy (non-hydrogen) atoms. The van der Waals surface area contributed by atoms with Gasteiger partial charge in [-0.3, -0.25) is 14.5 Å². The minimum Gasteiger partial charge on any atom is -0.353 e. The number of carbonyl (C=O) groups is 2. The van der Waals surface area contributed by atoms with Gasteiger partial charge in [0.1, 0.15) is 0 Å². The summed E-state index contributed by atoms with van der Waals surface area (Å²) in [7, 11) is 3.54. The molecule has 154 valence electrons. The fourth-order valence-electron chi connectivity index (χ4n) is 3.03. The zero-order valence-corrected chi connectivity index (χ0v) is 17.9. The monoisotopic (exact) mass is 418 g/mol. The maximum Gasteiger partial charge on any atom is 0.236 e. The van der Waals surface area contributed by atoms with Crippen molar-refractivity contribution in [3.05, 3.63) is 35.9 Å². The average Bonchev–Trinajstić information content (AvgIpc) is 2.62. The molecule has 0 aliphatic carbocycles. The molecule has 0 saturated carbocycles. The Balaban J connectivity index is 0.00000338. The van der Waals surface area contributed by atoms with Gasteiger partial charge in [0.25, 0.3) is 0 Å². The predicted octanol–water partition coefficient (Wildman–Crippen LogP) is 1.83. The molecule has 0 bridgehead atoms. The average molecular weight is 419 g/mol. The second kappa shape index (κ2) is 12.2. The van der Waals surface area contributed by atoms with Crippen molar-refractivity contribution in [1.82, 2.24) is 15.1 Å². The van der Waals surface area contributed by atoms with Gasteiger partial charge in [0.05, 0.1) is 12.5 Å². The van der Waals surface area contributed by atoms with Crippen molar-refractivity contribution in [1.29, 1.82) is 0 Å². The highest BCUT2D eigenvalue weighted by Gasteiger charge is 2.27. The highest BCUT2D eigenvalue weighted by molar-refractivity contribution is 5.85. The van der Waals surface area contributed by atoms with Crippen LogP contribution in [0.3, 0.4) is 0 Å². The second-order valence-electron chi connectivity index (χ2n) is 7.07. The summed E-state index contributed by atoms with van der Waals surface area (Å²) in [4.78, 5) is 28.0. The Morgan fingerprint density at radius 3 is 2.26 bits per heavy atom. The van der Waals surface area contributed by atoms with Gasteiger partial charge in [-0.15, -0.1) is 24.8 Å². The van der Waals surface area contributed by atoms with Crippen LogP contribution in [0.1, 0.15) is 31.4 Å². The molecule has 3 N–H and O–H groups in total. The van der Waals surface area contributed by atoms with E-state index in [1.54, 1.807) is 19.0 Å². The van der Waals surface area contributed by atoms with E-state index >= 15 is 0 Å². The third-order valence-corrected chi connectivity index (χ3v) is 4.93. The molecule has 0 radical (unpaired) electrons. The van der Waals surface area contributed by atoms with Crippen LogP contribution in [0.15, 0.2) is 30.3 Å². The minimum absolute atomic E-state index is 0. The fraction of sp³-hybridized carbons (Fsp3) is 0.579. The number of piperidine rings is 1. The van der Waals surface area contributed by atoms with Crippen LogP contribution in [0.4, 0.5) is 0 Å². The Morgan fingerprint density at radius 1 is 1.19 bits per heavy atom. The summed E-state index contributed by atoms with van der Waals surface area (Å²) >= 11 is 0. The maximum atomic E-state index is 12.5. The summed E-state index contributed by atoms with van der Waals surface area (Å²) < 4.78 is 0. The van der Waals surface area contributed by atoms with Crippen molar-refractivity contribution in [3.63, 3.8) is 0 Å². The molecular weight excluding hydrogens is 387 g/mol. The lowest BCUT2D eigenvalue weighted by Crippen LogP contribution is -2.49. The SMILES string of the molecule is CC(C(=O)NC1CCN(CC(=O)N(C)C)CC1)C(N)c1ccccc1.Cl.Cl. The van der Waals surface area contributed by atoms with E-state index in [-0.39, 0.29) is 54.6 Å². The normalized spacial score (nSPS) is 17.0. The molecule has 2 atom stereocenters. The standard InChI is InChI=1S/C19H30N4O2.2ClH/c1-14(18(20)15-7-5-4-6-8-15)19(25)21-16-9-11-23(12-10-16)13-17(24)22(2)3;;/h4-8,14,16,18H,9-13,20H2,1-3H3,(H,21,25);2*1H. The van der Waals surface area contributed by atoms with Crippen molar-refractivity contribution < 1.29 is 9.59 Å². The molecule has 1 fully saturated rings. The van der Waals surface area contributed by atoms with Gasteiger partial charge in [0, 0.05) is 39.3 Å². The zero-order chi connectivity index (χ0) is 18.4. The van der Waals surface area contributed by atoms with Crippen LogP contribution >= 0.6 is 24.8 Å². The van der Waals surface area contributed by atoms with Crippen LogP contribution < -0.4 is 11.1 Å². The molecule has 1 aliphatic rings. The van der Waals surface area contributed by atoms with E-state index in [4.69, 9.17) is 5.73 Å². The highest BCUT2D eigenvalue weighted by atomic mass is 35.5. The Labute approximate surface area is 174 Å². The lowest BCUT2D eigenvalue weighted by atomic mass is 9.94.